The minimum absolute atomic E-state index is 0.311. The van der Waals surface area contributed by atoms with E-state index in [9.17, 15) is 14.0 Å². The maximum absolute atomic E-state index is 13.4. The zero-order valence-electron chi connectivity index (χ0n) is 12.0. The van der Waals surface area contributed by atoms with Crippen LogP contribution in [0.2, 0.25) is 0 Å². The highest BCUT2D eigenvalue weighted by atomic mass is 32.2. The average molecular weight is 311 g/mol. The van der Waals surface area contributed by atoms with Gasteiger partial charge < -0.3 is 10.1 Å². The summed E-state index contributed by atoms with van der Waals surface area (Å²) in [7, 11) is 1.27. The fraction of sp³-hybridized carbons (Fsp3) is 0.333. The van der Waals surface area contributed by atoms with E-state index in [1.165, 1.54) is 25.3 Å². The van der Waals surface area contributed by atoms with Crippen molar-refractivity contribution < 1.29 is 18.7 Å². The van der Waals surface area contributed by atoms with Crippen molar-refractivity contribution in [1.29, 1.82) is 0 Å². The molecule has 1 N–H and O–H groups in total. The van der Waals surface area contributed by atoms with Gasteiger partial charge >= 0.3 is 5.97 Å². The lowest BCUT2D eigenvalue weighted by atomic mass is 10.2. The highest BCUT2D eigenvalue weighted by Crippen LogP contribution is 2.08. The largest absolute Gasteiger partial charge is 0.467 e. The third-order valence-corrected chi connectivity index (χ3v) is 3.38. The van der Waals surface area contributed by atoms with E-state index in [4.69, 9.17) is 0 Å². The molecule has 0 fully saturated rings. The number of hydrogen-bond acceptors (Lipinski definition) is 4. The molecule has 1 atom stereocenters. The lowest BCUT2D eigenvalue weighted by molar-refractivity contribution is -0.144. The number of nitrogens with one attached hydrogen (secondary N) is 1. The van der Waals surface area contributed by atoms with Crippen molar-refractivity contribution >= 4 is 29.7 Å². The fourth-order valence-corrected chi connectivity index (χ4v) is 2.09. The van der Waals surface area contributed by atoms with Crippen molar-refractivity contribution in [1.82, 2.24) is 5.32 Å². The second-order valence-electron chi connectivity index (χ2n) is 4.22. The Hall–Kier alpha value is -1.82. The van der Waals surface area contributed by atoms with Gasteiger partial charge in [0.1, 0.15) is 11.9 Å². The third-order valence-electron chi connectivity index (χ3n) is 2.73. The molecule has 0 aliphatic carbocycles. The van der Waals surface area contributed by atoms with E-state index in [1.54, 1.807) is 30.0 Å². The van der Waals surface area contributed by atoms with Crippen LogP contribution < -0.4 is 5.32 Å². The van der Waals surface area contributed by atoms with Gasteiger partial charge in [-0.3, -0.25) is 4.79 Å². The van der Waals surface area contributed by atoms with E-state index in [-0.39, 0.29) is 0 Å². The van der Waals surface area contributed by atoms with Crippen LogP contribution in [0.4, 0.5) is 4.39 Å². The lowest BCUT2D eigenvalue weighted by Gasteiger charge is -2.14. The lowest BCUT2D eigenvalue weighted by Crippen LogP contribution is -2.41. The average Bonchev–Trinajstić information content (AvgIpc) is 2.49. The third kappa shape index (κ3) is 5.99. The molecule has 1 aromatic rings. The van der Waals surface area contributed by atoms with Gasteiger partial charge in [-0.2, -0.15) is 11.8 Å². The maximum atomic E-state index is 13.4. The molecule has 4 nitrogen and oxygen atoms in total. The molecule has 0 aliphatic rings. The summed E-state index contributed by atoms with van der Waals surface area (Å²) in [6.45, 7) is 0. The molecule has 0 spiro atoms. The second-order valence-corrected chi connectivity index (χ2v) is 5.21. The smallest absolute Gasteiger partial charge is 0.328 e. The van der Waals surface area contributed by atoms with Crippen molar-refractivity contribution in [3.8, 4) is 0 Å². The van der Waals surface area contributed by atoms with E-state index in [0.717, 1.165) is 5.75 Å². The summed E-state index contributed by atoms with van der Waals surface area (Å²) in [6, 6.07) is 5.43. The first-order chi connectivity index (χ1) is 10.1. The summed E-state index contributed by atoms with van der Waals surface area (Å²) < 4.78 is 18.0. The molecule has 0 radical (unpaired) electrons. The van der Waals surface area contributed by atoms with Crippen LogP contribution in [-0.2, 0) is 14.3 Å². The Morgan fingerprint density at radius 3 is 2.76 bits per heavy atom. The number of esters is 1. The number of rotatable bonds is 7. The minimum atomic E-state index is -0.694. The first-order valence-corrected chi connectivity index (χ1v) is 7.77. The summed E-state index contributed by atoms with van der Waals surface area (Å²) >= 11 is 1.57. The normalized spacial score (nSPS) is 12.1. The van der Waals surface area contributed by atoms with Crippen LogP contribution in [0.25, 0.3) is 6.08 Å². The number of ether oxygens (including phenoxy) is 1. The minimum Gasteiger partial charge on any atom is -0.467 e. The number of benzene rings is 1. The highest BCUT2D eigenvalue weighted by molar-refractivity contribution is 7.98. The number of carbonyl (C=O) groups excluding carboxylic acids is 2. The van der Waals surface area contributed by atoms with Crippen LogP contribution in [0.15, 0.2) is 30.3 Å². The molecule has 6 heteroatoms. The molecule has 0 saturated carbocycles. The molecule has 0 heterocycles. The predicted molar refractivity (Wildman–Crippen MR) is 82.4 cm³/mol. The molecule has 21 heavy (non-hydrogen) atoms. The van der Waals surface area contributed by atoms with Gasteiger partial charge in [0.25, 0.3) is 0 Å². The number of hydrogen-bond donors (Lipinski definition) is 1. The van der Waals surface area contributed by atoms with Crippen LogP contribution in [0, 0.1) is 5.82 Å². The van der Waals surface area contributed by atoms with Crippen molar-refractivity contribution in [2.75, 3.05) is 19.1 Å². The van der Waals surface area contributed by atoms with Gasteiger partial charge in [0.2, 0.25) is 5.91 Å². The number of thioether (sulfide) groups is 1. The molecular weight excluding hydrogens is 293 g/mol. The Morgan fingerprint density at radius 2 is 2.14 bits per heavy atom. The van der Waals surface area contributed by atoms with Gasteiger partial charge in [-0.25, -0.2) is 9.18 Å². The molecule has 0 aliphatic heterocycles. The fourth-order valence-electron chi connectivity index (χ4n) is 1.62. The maximum Gasteiger partial charge on any atom is 0.328 e. The van der Waals surface area contributed by atoms with Crippen LogP contribution >= 0.6 is 11.8 Å². The zero-order chi connectivity index (χ0) is 15.7. The van der Waals surface area contributed by atoms with E-state index in [1.807, 2.05) is 6.26 Å². The number of amides is 1. The van der Waals surface area contributed by atoms with Gasteiger partial charge in [0.15, 0.2) is 0 Å². The summed E-state index contributed by atoms with van der Waals surface area (Å²) in [5, 5.41) is 2.56. The zero-order valence-corrected chi connectivity index (χ0v) is 12.8. The molecule has 0 saturated heterocycles. The Labute approximate surface area is 127 Å². The molecule has 1 amide bonds. The van der Waals surface area contributed by atoms with Crippen LogP contribution in [0.1, 0.15) is 12.0 Å². The summed E-state index contributed by atoms with van der Waals surface area (Å²) in [4.78, 5) is 23.3. The Balaban J connectivity index is 2.65. The van der Waals surface area contributed by atoms with Gasteiger partial charge in [-0.1, -0.05) is 18.2 Å². The first kappa shape index (κ1) is 17.2. The van der Waals surface area contributed by atoms with Crippen molar-refractivity contribution in [3.63, 3.8) is 0 Å². The first-order valence-electron chi connectivity index (χ1n) is 6.38. The monoisotopic (exact) mass is 311 g/mol. The Bertz CT molecular complexity index is 519. The van der Waals surface area contributed by atoms with E-state index >= 15 is 0 Å². The quantitative estimate of drug-likeness (QED) is 0.620. The van der Waals surface area contributed by atoms with Crippen molar-refractivity contribution in [2.24, 2.45) is 0 Å². The van der Waals surface area contributed by atoms with Gasteiger partial charge in [-0.05, 0) is 30.6 Å². The Kier molecular flexibility index (Phi) is 7.53. The van der Waals surface area contributed by atoms with Crippen LogP contribution in [0.3, 0.4) is 0 Å². The molecule has 1 rings (SSSR count). The van der Waals surface area contributed by atoms with Gasteiger partial charge in [0.05, 0.1) is 7.11 Å². The molecule has 1 aromatic carbocycles. The Morgan fingerprint density at radius 1 is 1.43 bits per heavy atom. The standard InChI is InChI=1S/C15H18FNO3S/c1-20-15(19)13(9-10-21-2)17-14(18)8-7-11-5-3-4-6-12(11)16/h3-8,13H,9-10H2,1-2H3,(H,17,18)/b8-7+/t13-/m0/s1. The number of methoxy groups -OCH3 is 1. The van der Waals surface area contributed by atoms with Gasteiger partial charge in [-0.15, -0.1) is 0 Å². The molecule has 114 valence electrons. The van der Waals surface area contributed by atoms with E-state index < -0.39 is 23.7 Å². The molecule has 0 aromatic heterocycles. The summed E-state index contributed by atoms with van der Waals surface area (Å²) in [5.74, 6) is -0.642. The van der Waals surface area contributed by atoms with E-state index in [2.05, 4.69) is 10.1 Å². The number of carbonyl (C=O) groups is 2. The van der Waals surface area contributed by atoms with E-state index in [0.29, 0.717) is 12.0 Å². The van der Waals surface area contributed by atoms with Crippen LogP contribution in [0.5, 0.6) is 0 Å². The topological polar surface area (TPSA) is 55.4 Å². The second kappa shape index (κ2) is 9.18. The van der Waals surface area contributed by atoms with Gasteiger partial charge in [0, 0.05) is 11.6 Å². The summed E-state index contributed by atoms with van der Waals surface area (Å²) in [5.41, 5.74) is 0.311. The predicted octanol–water partition coefficient (Wildman–Crippen LogP) is 2.25. The molecule has 0 bridgehead atoms. The molecule has 0 unspecified atom stereocenters. The van der Waals surface area contributed by atoms with Crippen molar-refractivity contribution in [2.45, 2.75) is 12.5 Å². The number of halogens is 1. The van der Waals surface area contributed by atoms with Crippen molar-refractivity contribution in [3.05, 3.63) is 41.7 Å². The SMILES string of the molecule is COC(=O)[C@H](CCSC)NC(=O)/C=C/c1ccccc1F. The van der Waals surface area contributed by atoms with Crippen LogP contribution in [-0.4, -0.2) is 37.0 Å². The highest BCUT2D eigenvalue weighted by Gasteiger charge is 2.19. The summed E-state index contributed by atoms with van der Waals surface area (Å²) in [6.07, 6.45) is 4.96. The molecular formula is C15H18FNO3S.